The molecule has 6 fully saturated rings. The van der Waals surface area contributed by atoms with E-state index in [0.29, 0.717) is 37.5 Å². The van der Waals surface area contributed by atoms with Crippen LogP contribution in [0.15, 0.2) is 0 Å². The summed E-state index contributed by atoms with van der Waals surface area (Å²) in [4.78, 5) is 23.5. The SMILES string of the molecule is CNC(=O)COC1O[C@@H]2O[C@](C)(O)CCC3[C@H](C)CCC([C@H]1C)[C@]32O.C[C@@H]1CCC2[C@@H](C)C(=O)O[C@@H]3O[C@](C)(O)CCC1[C@@]23O. The molecular formula is C33H55NO11. The molecule has 4 aliphatic heterocycles. The molecule has 0 aromatic carbocycles. The van der Waals surface area contributed by atoms with Gasteiger partial charge < -0.3 is 49.4 Å². The number of rotatable bonds is 3. The zero-order valence-corrected chi connectivity index (χ0v) is 27.9. The van der Waals surface area contributed by atoms with Gasteiger partial charge in [-0.25, -0.2) is 0 Å². The van der Waals surface area contributed by atoms with Gasteiger partial charge in [0.15, 0.2) is 24.2 Å². The van der Waals surface area contributed by atoms with Gasteiger partial charge in [-0.05, 0) is 76.0 Å². The second kappa shape index (κ2) is 12.6. The molecular weight excluding hydrogens is 586 g/mol. The molecule has 2 saturated carbocycles. The predicted octanol–water partition coefficient (Wildman–Crippen LogP) is 2.40. The fourth-order valence-electron chi connectivity index (χ4n) is 9.38. The minimum absolute atomic E-state index is 0.00391. The van der Waals surface area contributed by atoms with E-state index in [-0.39, 0.29) is 54.0 Å². The Hall–Kier alpha value is -1.38. The van der Waals surface area contributed by atoms with Crippen molar-refractivity contribution in [2.45, 2.75) is 135 Å². The van der Waals surface area contributed by atoms with Crippen molar-refractivity contribution >= 4 is 11.9 Å². The second-order valence-corrected chi connectivity index (χ2v) is 15.2. The van der Waals surface area contributed by atoms with Gasteiger partial charge in [-0.2, -0.15) is 0 Å². The summed E-state index contributed by atoms with van der Waals surface area (Å²) in [5.41, 5.74) is -2.32. The van der Waals surface area contributed by atoms with Crippen molar-refractivity contribution in [1.29, 1.82) is 0 Å². The lowest BCUT2D eigenvalue weighted by atomic mass is 9.58. The number of hydrogen-bond acceptors (Lipinski definition) is 11. The molecule has 45 heavy (non-hydrogen) atoms. The summed E-state index contributed by atoms with van der Waals surface area (Å²) >= 11 is 0. The summed E-state index contributed by atoms with van der Waals surface area (Å²) in [5, 5.41) is 46.3. The summed E-state index contributed by atoms with van der Waals surface area (Å²) < 4.78 is 28.3. The van der Waals surface area contributed by atoms with E-state index in [0.717, 1.165) is 25.7 Å². The van der Waals surface area contributed by atoms with E-state index in [1.54, 1.807) is 20.9 Å². The number of likely N-dealkylation sites (N-methyl/N-ethyl adjacent to an activating group) is 1. The summed E-state index contributed by atoms with van der Waals surface area (Å²) in [6, 6.07) is 0. The number of nitrogens with one attached hydrogen (secondary N) is 1. The molecule has 0 aromatic heterocycles. The van der Waals surface area contributed by atoms with Crippen LogP contribution in [0.2, 0.25) is 0 Å². The number of hydrogen-bond donors (Lipinski definition) is 5. The van der Waals surface area contributed by atoms with Crippen LogP contribution < -0.4 is 5.32 Å². The van der Waals surface area contributed by atoms with Crippen LogP contribution in [-0.2, 0) is 33.3 Å². The highest BCUT2D eigenvalue weighted by Gasteiger charge is 2.65. The smallest absolute Gasteiger partial charge is 0.311 e. The Morgan fingerprint density at radius 2 is 1.31 bits per heavy atom. The standard InChI is InChI=1S/C18H31NO6.C15H24O5/c1-10-5-6-13-11(2)15(23-9-14(20)19-4)24-16-18(13,22)12(10)7-8-17(3,21)25-16;1-8-4-5-11-9(2)12(16)19-13-15(11,18)10(8)6-7-14(3,17)20-13/h10-13,15-16,21-22H,5-9H2,1-4H3,(H,19,20);8-11,13,17-18H,4-7H2,1-3H3/t10-,11-,12?,13?,15?,16-,17+,18-;8-,9-,10?,11?,13-,14+,15-/m11/s1. The Labute approximate surface area is 266 Å². The third-order valence-electron chi connectivity index (χ3n) is 12.1. The first-order valence-corrected chi connectivity index (χ1v) is 16.9. The fraction of sp³-hybridized carbons (Fsp3) is 0.939. The van der Waals surface area contributed by atoms with E-state index in [2.05, 4.69) is 19.2 Å². The first-order chi connectivity index (χ1) is 20.9. The van der Waals surface area contributed by atoms with Gasteiger partial charge in [0.1, 0.15) is 17.8 Å². The minimum Gasteiger partial charge on any atom is -0.432 e. The molecule has 2 aliphatic carbocycles. The summed E-state index contributed by atoms with van der Waals surface area (Å²) in [6.07, 6.45) is 3.25. The van der Waals surface area contributed by atoms with E-state index in [4.69, 9.17) is 23.7 Å². The van der Waals surface area contributed by atoms with Gasteiger partial charge in [-0.15, -0.1) is 0 Å². The number of ether oxygens (including phenoxy) is 5. The third kappa shape index (κ3) is 6.30. The van der Waals surface area contributed by atoms with Gasteiger partial charge in [-0.1, -0.05) is 27.7 Å². The highest BCUT2D eigenvalue weighted by atomic mass is 16.8. The minimum atomic E-state index is -1.36. The lowest BCUT2D eigenvalue weighted by Crippen LogP contribution is -2.67. The van der Waals surface area contributed by atoms with Crippen LogP contribution in [0.4, 0.5) is 0 Å². The third-order valence-corrected chi connectivity index (χ3v) is 12.1. The van der Waals surface area contributed by atoms with E-state index < -0.39 is 41.6 Å². The quantitative estimate of drug-likeness (QED) is 0.287. The molecule has 0 bridgehead atoms. The second-order valence-electron chi connectivity index (χ2n) is 15.2. The molecule has 15 atom stereocenters. The topological polar surface area (TPSA) is 173 Å². The van der Waals surface area contributed by atoms with Crippen molar-refractivity contribution in [3.63, 3.8) is 0 Å². The first kappa shape index (κ1) is 34.9. The summed E-state index contributed by atoms with van der Waals surface area (Å²) in [7, 11) is 1.55. The molecule has 6 rings (SSSR count). The Kier molecular flexibility index (Phi) is 9.76. The molecule has 0 spiro atoms. The van der Waals surface area contributed by atoms with Gasteiger partial charge in [0.05, 0.1) is 5.92 Å². The number of carbonyl (C=O) groups is 2. The van der Waals surface area contributed by atoms with E-state index in [9.17, 15) is 30.0 Å². The van der Waals surface area contributed by atoms with Crippen molar-refractivity contribution in [2.24, 2.45) is 47.3 Å². The molecule has 5 N–H and O–H groups in total. The van der Waals surface area contributed by atoms with Crippen LogP contribution in [0, 0.1) is 47.3 Å². The highest BCUT2D eigenvalue weighted by molar-refractivity contribution is 5.76. The molecule has 1 amide bonds. The fourth-order valence-corrected chi connectivity index (χ4v) is 9.38. The molecule has 4 saturated heterocycles. The summed E-state index contributed by atoms with van der Waals surface area (Å²) in [5.74, 6) is -3.22. The van der Waals surface area contributed by atoms with Gasteiger partial charge in [-0.3, -0.25) is 9.59 Å². The van der Waals surface area contributed by atoms with Crippen molar-refractivity contribution in [1.82, 2.24) is 5.32 Å². The lowest BCUT2D eigenvalue weighted by molar-refractivity contribution is -0.407. The molecule has 5 unspecified atom stereocenters. The highest BCUT2D eigenvalue weighted by Crippen LogP contribution is 2.56. The van der Waals surface area contributed by atoms with Crippen LogP contribution in [0.25, 0.3) is 0 Å². The van der Waals surface area contributed by atoms with Crippen LogP contribution in [0.5, 0.6) is 0 Å². The molecule has 0 radical (unpaired) electrons. The van der Waals surface area contributed by atoms with Crippen LogP contribution in [0.1, 0.15) is 92.9 Å². The van der Waals surface area contributed by atoms with Crippen LogP contribution in [0.3, 0.4) is 0 Å². The molecule has 12 nitrogen and oxygen atoms in total. The van der Waals surface area contributed by atoms with Gasteiger partial charge in [0, 0.05) is 37.6 Å². The Morgan fingerprint density at radius 1 is 0.800 bits per heavy atom. The zero-order valence-electron chi connectivity index (χ0n) is 27.9. The molecule has 6 aliphatic rings. The van der Waals surface area contributed by atoms with Gasteiger partial charge >= 0.3 is 5.97 Å². The number of carbonyl (C=O) groups excluding carboxylic acids is 2. The average Bonchev–Trinajstić information content (AvgIpc) is 3.13. The normalized spacial score (nSPS) is 52.4. The monoisotopic (exact) mass is 641 g/mol. The van der Waals surface area contributed by atoms with E-state index in [1.807, 2.05) is 13.8 Å². The van der Waals surface area contributed by atoms with Crippen molar-refractivity contribution < 1.29 is 53.7 Å². The van der Waals surface area contributed by atoms with E-state index in [1.165, 1.54) is 0 Å². The van der Waals surface area contributed by atoms with Crippen molar-refractivity contribution in [3.05, 3.63) is 0 Å². The van der Waals surface area contributed by atoms with Crippen LogP contribution >= 0.6 is 0 Å². The number of esters is 1. The Morgan fingerprint density at radius 3 is 1.87 bits per heavy atom. The molecule has 258 valence electrons. The Balaban J connectivity index is 0.000000182. The molecule has 0 aromatic rings. The zero-order chi connectivity index (χ0) is 33.1. The maximum absolute atomic E-state index is 12.0. The maximum Gasteiger partial charge on any atom is 0.311 e. The maximum atomic E-state index is 12.0. The van der Waals surface area contributed by atoms with Crippen LogP contribution in [-0.4, -0.2) is 87.6 Å². The Bertz CT molecular complexity index is 1100. The number of aliphatic hydroxyl groups is 4. The predicted molar refractivity (Wildman–Crippen MR) is 159 cm³/mol. The van der Waals surface area contributed by atoms with E-state index >= 15 is 0 Å². The lowest BCUT2D eigenvalue weighted by Gasteiger charge is -2.57. The summed E-state index contributed by atoms with van der Waals surface area (Å²) in [6.45, 7) is 11.1. The molecule has 12 heteroatoms. The largest absolute Gasteiger partial charge is 0.432 e. The van der Waals surface area contributed by atoms with Crippen molar-refractivity contribution in [3.8, 4) is 0 Å². The number of amides is 1. The van der Waals surface area contributed by atoms with Crippen molar-refractivity contribution in [2.75, 3.05) is 13.7 Å². The average molecular weight is 642 g/mol. The van der Waals surface area contributed by atoms with Gasteiger partial charge in [0.2, 0.25) is 12.2 Å². The molecule has 4 heterocycles. The van der Waals surface area contributed by atoms with Gasteiger partial charge in [0.25, 0.3) is 0 Å². The first-order valence-electron chi connectivity index (χ1n) is 16.9.